The predicted octanol–water partition coefficient (Wildman–Crippen LogP) is 3.51. The van der Waals surface area contributed by atoms with Gasteiger partial charge in [0.15, 0.2) is 5.65 Å². The molecule has 160 valence electrons. The summed E-state index contributed by atoms with van der Waals surface area (Å²) in [7, 11) is -3.23. The molecule has 7 nitrogen and oxygen atoms in total. The molecule has 0 unspecified atom stereocenters. The molecular formula is C22H29N5O2S. The Morgan fingerprint density at radius 1 is 1.23 bits per heavy atom. The Balaban J connectivity index is 1.58. The van der Waals surface area contributed by atoms with Crippen LogP contribution in [0.3, 0.4) is 0 Å². The van der Waals surface area contributed by atoms with Crippen LogP contribution in [0.15, 0.2) is 36.8 Å². The Bertz CT molecular complexity index is 1130. The van der Waals surface area contributed by atoms with Crippen LogP contribution in [0.2, 0.25) is 0 Å². The molecule has 1 N–H and O–H groups in total. The van der Waals surface area contributed by atoms with E-state index in [4.69, 9.17) is 4.98 Å². The van der Waals surface area contributed by atoms with E-state index in [2.05, 4.69) is 21.9 Å². The van der Waals surface area contributed by atoms with Crippen LogP contribution in [-0.4, -0.2) is 51.5 Å². The van der Waals surface area contributed by atoms with Crippen molar-refractivity contribution < 1.29 is 8.42 Å². The number of rotatable bonds is 6. The molecule has 0 aromatic carbocycles. The molecule has 4 heterocycles. The van der Waals surface area contributed by atoms with Crippen molar-refractivity contribution >= 4 is 21.2 Å². The second-order valence-corrected chi connectivity index (χ2v) is 10.9. The van der Waals surface area contributed by atoms with E-state index in [1.807, 2.05) is 38.2 Å². The van der Waals surface area contributed by atoms with Gasteiger partial charge in [-0.15, -0.1) is 0 Å². The van der Waals surface area contributed by atoms with Gasteiger partial charge in [-0.05, 0) is 48.8 Å². The number of nitrogens with one attached hydrogen (secondary N) is 1. The topological polar surface area (TPSA) is 91.8 Å². The molecule has 2 atom stereocenters. The zero-order valence-electron chi connectivity index (χ0n) is 17.7. The number of piperidine rings is 1. The Morgan fingerprint density at radius 3 is 2.87 bits per heavy atom. The monoisotopic (exact) mass is 427 g/mol. The van der Waals surface area contributed by atoms with Gasteiger partial charge in [0, 0.05) is 31.0 Å². The van der Waals surface area contributed by atoms with Crippen molar-refractivity contribution in [3.63, 3.8) is 0 Å². The minimum absolute atomic E-state index is 0.120. The smallest absolute Gasteiger partial charge is 0.214 e. The van der Waals surface area contributed by atoms with Gasteiger partial charge in [-0.25, -0.2) is 22.7 Å². The van der Waals surface area contributed by atoms with Gasteiger partial charge < -0.3 is 4.98 Å². The predicted molar refractivity (Wildman–Crippen MR) is 118 cm³/mol. The number of nitrogens with zero attached hydrogens (tertiary/aromatic N) is 4. The molecule has 1 fully saturated rings. The number of aromatic nitrogens is 4. The first-order valence-electron chi connectivity index (χ1n) is 10.5. The SMILES string of the molecule is CC(C)CS(=O)(=O)N1C[C@@H](C)C[C@H](Cc2ncccc2-c2cnc3[nH]ccc3n2)C1. The van der Waals surface area contributed by atoms with E-state index in [1.54, 1.807) is 16.7 Å². The third-order valence-electron chi connectivity index (χ3n) is 5.56. The maximum absolute atomic E-state index is 12.8. The van der Waals surface area contributed by atoms with Gasteiger partial charge in [0.05, 0.1) is 23.3 Å². The number of sulfonamides is 1. The van der Waals surface area contributed by atoms with E-state index in [1.165, 1.54) is 0 Å². The maximum atomic E-state index is 12.8. The van der Waals surface area contributed by atoms with Crippen LogP contribution in [0.1, 0.15) is 32.9 Å². The molecule has 3 aromatic rings. The summed E-state index contributed by atoms with van der Waals surface area (Å²) >= 11 is 0. The highest BCUT2D eigenvalue weighted by Gasteiger charge is 2.33. The average molecular weight is 428 g/mol. The quantitative estimate of drug-likeness (QED) is 0.650. The van der Waals surface area contributed by atoms with Gasteiger partial charge in [-0.3, -0.25) is 4.98 Å². The summed E-state index contributed by atoms with van der Waals surface area (Å²) in [5, 5.41) is 0. The Hall–Kier alpha value is -2.32. The summed E-state index contributed by atoms with van der Waals surface area (Å²) in [6, 6.07) is 5.83. The van der Waals surface area contributed by atoms with Crippen molar-refractivity contribution in [3.05, 3.63) is 42.5 Å². The molecule has 0 saturated carbocycles. The lowest BCUT2D eigenvalue weighted by Gasteiger charge is -2.36. The van der Waals surface area contributed by atoms with Crippen molar-refractivity contribution in [2.24, 2.45) is 17.8 Å². The number of pyridine rings is 1. The van der Waals surface area contributed by atoms with Gasteiger partial charge in [0.1, 0.15) is 5.52 Å². The first-order chi connectivity index (χ1) is 14.3. The van der Waals surface area contributed by atoms with E-state index in [-0.39, 0.29) is 17.6 Å². The molecule has 8 heteroatoms. The van der Waals surface area contributed by atoms with E-state index < -0.39 is 10.0 Å². The second-order valence-electron chi connectivity index (χ2n) is 8.86. The van der Waals surface area contributed by atoms with Gasteiger partial charge >= 0.3 is 0 Å². The lowest BCUT2D eigenvalue weighted by Crippen LogP contribution is -2.45. The van der Waals surface area contributed by atoms with Crippen LogP contribution in [0.4, 0.5) is 0 Å². The molecule has 1 saturated heterocycles. The van der Waals surface area contributed by atoms with E-state index in [9.17, 15) is 8.42 Å². The van der Waals surface area contributed by atoms with Gasteiger partial charge in [0.25, 0.3) is 0 Å². The molecule has 1 aliphatic heterocycles. The first-order valence-corrected chi connectivity index (χ1v) is 12.1. The minimum atomic E-state index is -3.23. The van der Waals surface area contributed by atoms with E-state index >= 15 is 0 Å². The number of hydrogen-bond acceptors (Lipinski definition) is 5. The molecular weight excluding hydrogens is 398 g/mol. The molecule has 0 spiro atoms. The molecule has 3 aromatic heterocycles. The highest BCUT2D eigenvalue weighted by atomic mass is 32.2. The minimum Gasteiger partial charge on any atom is -0.345 e. The summed E-state index contributed by atoms with van der Waals surface area (Å²) in [5.74, 6) is 0.880. The molecule has 0 radical (unpaired) electrons. The Morgan fingerprint density at radius 2 is 2.07 bits per heavy atom. The average Bonchev–Trinajstić information content (AvgIpc) is 3.15. The highest BCUT2D eigenvalue weighted by molar-refractivity contribution is 7.89. The number of H-pyrrole nitrogens is 1. The largest absolute Gasteiger partial charge is 0.345 e. The summed E-state index contributed by atoms with van der Waals surface area (Å²) < 4.78 is 27.3. The molecule has 0 bridgehead atoms. The maximum Gasteiger partial charge on any atom is 0.214 e. The van der Waals surface area contributed by atoms with E-state index in [0.29, 0.717) is 19.0 Å². The Kier molecular flexibility index (Phi) is 5.88. The van der Waals surface area contributed by atoms with Gasteiger partial charge in [-0.2, -0.15) is 0 Å². The highest BCUT2D eigenvalue weighted by Crippen LogP contribution is 2.30. The summed E-state index contributed by atoms with van der Waals surface area (Å²) in [5.41, 5.74) is 4.28. The van der Waals surface area contributed by atoms with Crippen molar-refractivity contribution in [3.8, 4) is 11.3 Å². The van der Waals surface area contributed by atoms with E-state index in [0.717, 1.165) is 41.0 Å². The van der Waals surface area contributed by atoms with Crippen LogP contribution in [0, 0.1) is 17.8 Å². The van der Waals surface area contributed by atoms with Gasteiger partial charge in [-0.1, -0.05) is 20.8 Å². The number of fused-ring (bicyclic) bond motifs is 1. The fourth-order valence-electron chi connectivity index (χ4n) is 4.40. The van der Waals surface area contributed by atoms with Crippen molar-refractivity contribution in [2.75, 3.05) is 18.8 Å². The van der Waals surface area contributed by atoms with Crippen LogP contribution < -0.4 is 0 Å². The number of hydrogen-bond donors (Lipinski definition) is 1. The molecule has 1 aliphatic rings. The normalized spacial score (nSPS) is 20.8. The fraction of sp³-hybridized carbons (Fsp3) is 0.500. The summed E-state index contributed by atoms with van der Waals surface area (Å²) in [6.45, 7) is 7.19. The Labute approximate surface area is 178 Å². The first kappa shape index (κ1) is 20.9. The third-order valence-corrected chi connectivity index (χ3v) is 7.73. The van der Waals surface area contributed by atoms with Crippen molar-refractivity contribution in [1.29, 1.82) is 0 Å². The lowest BCUT2D eigenvalue weighted by molar-refractivity contribution is 0.208. The molecule has 0 aliphatic carbocycles. The standard InChI is InChI=1S/C22H29N5O2S/c1-15(2)14-30(28,29)27-12-16(3)9-17(13-27)10-20-18(5-4-7-23-20)21-11-25-22-19(26-21)6-8-24-22/h4-8,11,15-17H,9-10,12-14H2,1-3H3,(H,24,25)/t16-,17+/m0/s1. The molecule has 0 amide bonds. The molecule has 30 heavy (non-hydrogen) atoms. The van der Waals surface area contributed by atoms with Crippen molar-refractivity contribution in [2.45, 2.75) is 33.6 Å². The third kappa shape index (κ3) is 4.54. The van der Waals surface area contributed by atoms with Crippen LogP contribution >= 0.6 is 0 Å². The zero-order valence-corrected chi connectivity index (χ0v) is 18.6. The lowest BCUT2D eigenvalue weighted by atomic mass is 9.87. The van der Waals surface area contributed by atoms with Crippen LogP contribution in [-0.2, 0) is 16.4 Å². The van der Waals surface area contributed by atoms with Crippen molar-refractivity contribution in [1.82, 2.24) is 24.2 Å². The van der Waals surface area contributed by atoms with Gasteiger partial charge in [0.2, 0.25) is 10.0 Å². The second kappa shape index (κ2) is 8.43. The number of aromatic amines is 1. The fourth-order valence-corrected chi connectivity index (χ4v) is 6.37. The molecule has 4 rings (SSSR count). The van der Waals surface area contributed by atoms with Crippen LogP contribution in [0.5, 0.6) is 0 Å². The summed E-state index contributed by atoms with van der Waals surface area (Å²) in [6.07, 6.45) is 7.10. The van der Waals surface area contributed by atoms with Crippen LogP contribution in [0.25, 0.3) is 22.4 Å². The summed E-state index contributed by atoms with van der Waals surface area (Å²) in [4.78, 5) is 16.9. The zero-order chi connectivity index (χ0) is 21.3.